The first-order valence-electron chi connectivity index (χ1n) is 8.51. The maximum Gasteiger partial charge on any atom is 0.164 e. The van der Waals surface area contributed by atoms with Gasteiger partial charge in [0.05, 0.1) is 25.4 Å². The number of rotatable bonds is 6. The van der Waals surface area contributed by atoms with Gasteiger partial charge >= 0.3 is 0 Å². The molecular formula is C18H24NO6-. The molecule has 7 nitrogen and oxygen atoms in total. The molecule has 0 aromatic heterocycles. The molecule has 3 rings (SSSR count). The maximum atomic E-state index is 11.8. The van der Waals surface area contributed by atoms with Gasteiger partial charge in [-0.25, -0.2) is 0 Å². The SMILES string of the molecule is CC1(C)O[C@@H]2[C@H](O1)[C@@H](OCCO)C[C@H]2N(Cc1ccccc1)C(=O)[O-]. The fourth-order valence-electron chi connectivity index (χ4n) is 3.68. The van der Waals surface area contributed by atoms with Gasteiger partial charge in [-0.2, -0.15) is 0 Å². The number of carbonyl (C=O) groups excluding carboxylic acids is 1. The molecule has 1 N–H and O–H groups in total. The van der Waals surface area contributed by atoms with Crippen molar-refractivity contribution in [2.45, 2.75) is 57.0 Å². The molecule has 1 aliphatic carbocycles. The lowest BCUT2D eigenvalue weighted by Gasteiger charge is -2.35. The number of carbonyl (C=O) groups is 1. The van der Waals surface area contributed by atoms with Crippen molar-refractivity contribution >= 4 is 6.09 Å². The largest absolute Gasteiger partial charge is 0.530 e. The van der Waals surface area contributed by atoms with Crippen LogP contribution in [0.4, 0.5) is 4.79 Å². The molecule has 2 aliphatic rings. The maximum absolute atomic E-state index is 11.8. The van der Waals surface area contributed by atoms with E-state index in [2.05, 4.69) is 0 Å². The van der Waals surface area contributed by atoms with E-state index < -0.39 is 24.0 Å². The zero-order valence-electron chi connectivity index (χ0n) is 14.5. The van der Waals surface area contributed by atoms with Gasteiger partial charge in [-0.3, -0.25) is 0 Å². The predicted molar refractivity (Wildman–Crippen MR) is 86.4 cm³/mol. The molecule has 1 aromatic carbocycles. The number of aliphatic hydroxyl groups excluding tert-OH is 1. The summed E-state index contributed by atoms with van der Waals surface area (Å²) in [5.41, 5.74) is 0.876. The fourth-order valence-corrected chi connectivity index (χ4v) is 3.68. The van der Waals surface area contributed by atoms with Gasteiger partial charge in [0.2, 0.25) is 0 Å². The number of hydrogen-bond donors (Lipinski definition) is 1. The summed E-state index contributed by atoms with van der Waals surface area (Å²) < 4.78 is 17.6. The van der Waals surface area contributed by atoms with Crippen LogP contribution >= 0.6 is 0 Å². The summed E-state index contributed by atoms with van der Waals surface area (Å²) in [6.07, 6.45) is -1.94. The molecule has 1 saturated heterocycles. The molecule has 0 bridgehead atoms. The Balaban J connectivity index is 1.81. The number of fused-ring (bicyclic) bond motifs is 1. The second-order valence-electron chi connectivity index (χ2n) is 6.88. The Hall–Kier alpha value is -1.67. The fraction of sp³-hybridized carbons (Fsp3) is 0.611. The van der Waals surface area contributed by atoms with E-state index >= 15 is 0 Å². The molecular weight excluding hydrogens is 326 g/mol. The van der Waals surface area contributed by atoms with Crippen LogP contribution in [-0.4, -0.2) is 59.5 Å². The topological polar surface area (TPSA) is 91.3 Å². The number of amides is 1. The first-order chi connectivity index (χ1) is 11.9. The lowest BCUT2D eigenvalue weighted by atomic mass is 10.1. The van der Waals surface area contributed by atoms with Crippen molar-refractivity contribution in [3.8, 4) is 0 Å². The second kappa shape index (κ2) is 7.29. The van der Waals surface area contributed by atoms with Crippen LogP contribution in [0.2, 0.25) is 0 Å². The molecule has 7 heteroatoms. The number of ether oxygens (including phenoxy) is 3. The smallest absolute Gasteiger partial charge is 0.164 e. The molecule has 138 valence electrons. The van der Waals surface area contributed by atoms with E-state index in [1.165, 1.54) is 4.90 Å². The van der Waals surface area contributed by atoms with Gasteiger partial charge in [-0.15, -0.1) is 0 Å². The quantitative estimate of drug-likeness (QED) is 0.803. The summed E-state index contributed by atoms with van der Waals surface area (Å²) in [7, 11) is 0. The number of hydrogen-bond acceptors (Lipinski definition) is 6. The third-order valence-corrected chi connectivity index (χ3v) is 4.64. The minimum atomic E-state index is -1.25. The molecule has 0 radical (unpaired) electrons. The van der Waals surface area contributed by atoms with Crippen LogP contribution < -0.4 is 5.11 Å². The van der Waals surface area contributed by atoms with Gasteiger partial charge < -0.3 is 34.1 Å². The molecule has 2 fully saturated rings. The third-order valence-electron chi connectivity index (χ3n) is 4.64. The highest BCUT2D eigenvalue weighted by Crippen LogP contribution is 2.41. The van der Waals surface area contributed by atoms with Gasteiger partial charge in [0, 0.05) is 6.54 Å². The van der Waals surface area contributed by atoms with Crippen LogP contribution in [0.25, 0.3) is 0 Å². The van der Waals surface area contributed by atoms with Crippen molar-refractivity contribution in [3.05, 3.63) is 35.9 Å². The van der Waals surface area contributed by atoms with E-state index in [0.717, 1.165) is 5.56 Å². The molecule has 0 unspecified atom stereocenters. The van der Waals surface area contributed by atoms with Crippen molar-refractivity contribution in [2.24, 2.45) is 0 Å². The summed E-state index contributed by atoms with van der Waals surface area (Å²) in [5, 5.41) is 20.8. The molecule has 0 spiro atoms. The Labute approximate surface area is 147 Å². The van der Waals surface area contributed by atoms with E-state index in [1.807, 2.05) is 30.3 Å². The first kappa shape index (κ1) is 18.1. The zero-order valence-corrected chi connectivity index (χ0v) is 14.5. The molecule has 1 aromatic rings. The minimum absolute atomic E-state index is 0.100. The first-order valence-corrected chi connectivity index (χ1v) is 8.51. The molecule has 1 saturated carbocycles. The Morgan fingerprint density at radius 3 is 2.64 bits per heavy atom. The van der Waals surface area contributed by atoms with Gasteiger partial charge in [0.25, 0.3) is 0 Å². The third kappa shape index (κ3) is 3.95. The summed E-state index contributed by atoms with van der Waals surface area (Å²) in [4.78, 5) is 13.1. The number of benzene rings is 1. The predicted octanol–water partition coefficient (Wildman–Crippen LogP) is 0.502. The van der Waals surface area contributed by atoms with Crippen molar-refractivity contribution in [2.75, 3.05) is 13.2 Å². The molecule has 1 aliphatic heterocycles. The standard InChI is InChI=1S/C18H25NO6/c1-18(2)24-15-13(10-14(16(15)25-18)23-9-8-20)19(17(21)22)11-12-6-4-3-5-7-12/h3-7,13-16,20H,8-11H2,1-2H3,(H,21,22)/p-1/t13-,14+,15+,16-/m1/s1. The molecule has 4 atom stereocenters. The normalized spacial score (nSPS) is 30.2. The van der Waals surface area contributed by atoms with Gasteiger partial charge in [0.15, 0.2) is 5.79 Å². The van der Waals surface area contributed by atoms with Crippen molar-refractivity contribution in [1.82, 2.24) is 4.90 Å². The van der Waals surface area contributed by atoms with Crippen molar-refractivity contribution in [1.29, 1.82) is 0 Å². The number of aliphatic hydroxyl groups is 1. The highest BCUT2D eigenvalue weighted by atomic mass is 16.8. The molecule has 1 amide bonds. The average Bonchev–Trinajstić information content (AvgIpc) is 3.05. The lowest BCUT2D eigenvalue weighted by molar-refractivity contribution is -0.271. The van der Waals surface area contributed by atoms with E-state index in [1.54, 1.807) is 13.8 Å². The summed E-state index contributed by atoms with van der Waals surface area (Å²) >= 11 is 0. The van der Waals surface area contributed by atoms with Crippen LogP contribution in [0.3, 0.4) is 0 Å². The highest BCUT2D eigenvalue weighted by Gasteiger charge is 2.56. The van der Waals surface area contributed by atoms with Crippen LogP contribution in [0.1, 0.15) is 25.8 Å². The van der Waals surface area contributed by atoms with Gasteiger partial charge in [0.1, 0.15) is 18.3 Å². The van der Waals surface area contributed by atoms with Crippen molar-refractivity contribution < 1.29 is 29.2 Å². The Morgan fingerprint density at radius 2 is 2.00 bits per heavy atom. The van der Waals surface area contributed by atoms with E-state index in [4.69, 9.17) is 19.3 Å². The lowest BCUT2D eigenvalue weighted by Crippen LogP contribution is -2.51. The Bertz CT molecular complexity index is 592. The van der Waals surface area contributed by atoms with Crippen LogP contribution in [0.5, 0.6) is 0 Å². The minimum Gasteiger partial charge on any atom is -0.530 e. The second-order valence-corrected chi connectivity index (χ2v) is 6.88. The number of carboxylic acid groups (broad SMARTS) is 1. The summed E-state index contributed by atoms with van der Waals surface area (Å²) in [6.45, 7) is 3.89. The van der Waals surface area contributed by atoms with Gasteiger partial charge in [-0.05, 0) is 25.8 Å². The Morgan fingerprint density at radius 1 is 1.32 bits per heavy atom. The van der Waals surface area contributed by atoms with Crippen molar-refractivity contribution in [3.63, 3.8) is 0 Å². The average molecular weight is 350 g/mol. The molecule has 25 heavy (non-hydrogen) atoms. The number of nitrogens with zero attached hydrogens (tertiary/aromatic N) is 1. The highest BCUT2D eigenvalue weighted by molar-refractivity contribution is 5.63. The van der Waals surface area contributed by atoms with Crippen LogP contribution in [0.15, 0.2) is 30.3 Å². The van der Waals surface area contributed by atoms with Crippen LogP contribution in [0, 0.1) is 0 Å². The van der Waals surface area contributed by atoms with E-state index in [-0.39, 0.29) is 32.0 Å². The Kier molecular flexibility index (Phi) is 5.29. The van der Waals surface area contributed by atoms with Crippen LogP contribution in [-0.2, 0) is 20.8 Å². The zero-order chi connectivity index (χ0) is 18.0. The monoisotopic (exact) mass is 350 g/mol. The van der Waals surface area contributed by atoms with E-state index in [9.17, 15) is 9.90 Å². The summed E-state index contributed by atoms with van der Waals surface area (Å²) in [6, 6.07) is 8.93. The molecule has 1 heterocycles. The van der Waals surface area contributed by atoms with Gasteiger partial charge in [-0.1, -0.05) is 30.3 Å². The summed E-state index contributed by atoms with van der Waals surface area (Å²) in [5.74, 6) is -0.806. The van der Waals surface area contributed by atoms with E-state index in [0.29, 0.717) is 6.42 Å².